The Balaban J connectivity index is 1.60. The summed E-state index contributed by atoms with van der Waals surface area (Å²) in [6.07, 6.45) is 8.25. The second-order valence-corrected chi connectivity index (χ2v) is 9.03. The van der Waals surface area contributed by atoms with Crippen LogP contribution in [0.2, 0.25) is 0 Å². The third-order valence-corrected chi connectivity index (χ3v) is 6.67. The van der Waals surface area contributed by atoms with Crippen LogP contribution in [0.1, 0.15) is 54.6 Å². The second-order valence-electron chi connectivity index (χ2n) is 9.03. The van der Waals surface area contributed by atoms with Crippen LogP contribution in [0.15, 0.2) is 77.7 Å². The highest BCUT2D eigenvalue weighted by molar-refractivity contribution is 5.93. The number of hydrogen-bond donors (Lipinski definition) is 1. The maximum atomic E-state index is 13.6. The Bertz CT molecular complexity index is 1350. The molecule has 6 heteroatoms. The topological polar surface area (TPSA) is 55.5 Å². The first kappa shape index (κ1) is 22.1. The third kappa shape index (κ3) is 4.53. The van der Waals surface area contributed by atoms with Crippen LogP contribution in [0.3, 0.4) is 0 Å². The molecule has 0 saturated heterocycles. The Kier molecular flexibility index (Phi) is 6.30. The Labute approximate surface area is 197 Å². The van der Waals surface area contributed by atoms with Crippen molar-refractivity contribution in [2.45, 2.75) is 51.1 Å². The number of halogens is 1. The Morgan fingerprint density at radius 2 is 1.62 bits per heavy atom. The van der Waals surface area contributed by atoms with E-state index in [1.807, 2.05) is 36.4 Å². The standard InChI is InChI=1S/C28H28FN3O2/c29-22-14-12-20(13-15-22)18-32-26(27(33)30-23-10-6-1-2-7-11-23)19-31-24(16-17-25(31)28(32)34)21-8-4-3-5-9-21/h3-5,8-9,12-17,19,23H,1-2,6-7,10-11,18H2,(H,30,33). The van der Waals surface area contributed by atoms with E-state index in [0.717, 1.165) is 42.5 Å². The molecular formula is C28H28FN3O2. The van der Waals surface area contributed by atoms with E-state index in [9.17, 15) is 14.0 Å². The number of fused-ring (bicyclic) bond motifs is 1. The van der Waals surface area contributed by atoms with E-state index in [1.165, 1.54) is 29.5 Å². The molecule has 1 aliphatic carbocycles. The van der Waals surface area contributed by atoms with E-state index in [1.54, 1.807) is 28.8 Å². The van der Waals surface area contributed by atoms with Crippen molar-refractivity contribution in [3.8, 4) is 11.3 Å². The van der Waals surface area contributed by atoms with E-state index >= 15 is 0 Å². The van der Waals surface area contributed by atoms with Crippen LogP contribution in [-0.2, 0) is 6.54 Å². The predicted molar refractivity (Wildman–Crippen MR) is 132 cm³/mol. The molecule has 0 atom stereocenters. The van der Waals surface area contributed by atoms with E-state index in [0.29, 0.717) is 11.2 Å². The van der Waals surface area contributed by atoms with Gasteiger partial charge in [0.25, 0.3) is 11.5 Å². The molecule has 5 rings (SSSR count). The summed E-state index contributed by atoms with van der Waals surface area (Å²) < 4.78 is 16.8. The lowest BCUT2D eigenvalue weighted by Crippen LogP contribution is -2.39. The minimum Gasteiger partial charge on any atom is -0.348 e. The van der Waals surface area contributed by atoms with Gasteiger partial charge in [-0.3, -0.25) is 14.2 Å². The molecule has 0 spiro atoms. The van der Waals surface area contributed by atoms with Gasteiger partial charge in [-0.05, 0) is 48.2 Å². The van der Waals surface area contributed by atoms with Crippen molar-refractivity contribution in [2.75, 3.05) is 0 Å². The SMILES string of the molecule is O=C(NC1CCCCCC1)c1cn2c(-c3ccccc3)ccc2c(=O)n1Cc1ccc(F)cc1. The molecule has 0 bridgehead atoms. The minimum atomic E-state index is -0.336. The molecule has 1 aliphatic rings. The van der Waals surface area contributed by atoms with Gasteiger partial charge in [0, 0.05) is 12.2 Å². The number of benzene rings is 2. The van der Waals surface area contributed by atoms with Crippen LogP contribution in [0.5, 0.6) is 0 Å². The summed E-state index contributed by atoms with van der Waals surface area (Å²) in [5, 5.41) is 3.18. The molecule has 34 heavy (non-hydrogen) atoms. The van der Waals surface area contributed by atoms with Crippen molar-refractivity contribution < 1.29 is 9.18 Å². The highest BCUT2D eigenvalue weighted by Gasteiger charge is 2.21. The lowest BCUT2D eigenvalue weighted by Gasteiger charge is -2.19. The molecule has 2 heterocycles. The fourth-order valence-corrected chi connectivity index (χ4v) is 4.84. The lowest BCUT2D eigenvalue weighted by molar-refractivity contribution is 0.0922. The Morgan fingerprint density at radius 1 is 0.912 bits per heavy atom. The fourth-order valence-electron chi connectivity index (χ4n) is 4.84. The second kappa shape index (κ2) is 9.67. The third-order valence-electron chi connectivity index (χ3n) is 6.67. The van der Waals surface area contributed by atoms with Gasteiger partial charge in [0.1, 0.15) is 17.0 Å². The van der Waals surface area contributed by atoms with Gasteiger partial charge in [-0.1, -0.05) is 68.1 Å². The normalized spacial score (nSPS) is 14.7. The summed E-state index contributed by atoms with van der Waals surface area (Å²) in [6, 6.07) is 19.6. The van der Waals surface area contributed by atoms with Crippen molar-refractivity contribution >= 4 is 11.4 Å². The molecule has 174 valence electrons. The van der Waals surface area contributed by atoms with Crippen molar-refractivity contribution in [1.82, 2.24) is 14.3 Å². The molecule has 0 radical (unpaired) electrons. The number of nitrogens with one attached hydrogen (secondary N) is 1. The van der Waals surface area contributed by atoms with Crippen LogP contribution in [0, 0.1) is 5.82 Å². The largest absolute Gasteiger partial charge is 0.348 e. The number of amides is 1. The van der Waals surface area contributed by atoms with Crippen LogP contribution in [-0.4, -0.2) is 20.9 Å². The summed E-state index contributed by atoms with van der Waals surface area (Å²) in [6.45, 7) is 0.189. The number of carbonyl (C=O) groups is 1. The summed E-state index contributed by atoms with van der Waals surface area (Å²) in [5.74, 6) is -0.585. The minimum absolute atomic E-state index is 0.110. The molecule has 0 unspecified atom stereocenters. The van der Waals surface area contributed by atoms with Gasteiger partial charge in [0.05, 0.1) is 12.2 Å². The average Bonchev–Trinajstić information content (AvgIpc) is 3.12. The van der Waals surface area contributed by atoms with Crippen LogP contribution in [0.25, 0.3) is 16.8 Å². The van der Waals surface area contributed by atoms with Crippen molar-refractivity contribution in [1.29, 1.82) is 0 Å². The van der Waals surface area contributed by atoms with Crippen LogP contribution in [0.4, 0.5) is 4.39 Å². The maximum Gasteiger partial charge on any atom is 0.275 e. The fraction of sp³-hybridized carbons (Fsp3) is 0.286. The van der Waals surface area contributed by atoms with E-state index in [-0.39, 0.29) is 29.9 Å². The predicted octanol–water partition coefficient (Wildman–Crippen LogP) is 5.41. The van der Waals surface area contributed by atoms with Crippen molar-refractivity contribution in [2.24, 2.45) is 0 Å². The summed E-state index contributed by atoms with van der Waals surface area (Å²) in [4.78, 5) is 27.1. The molecule has 1 saturated carbocycles. The van der Waals surface area contributed by atoms with Gasteiger partial charge in [0.15, 0.2) is 0 Å². The van der Waals surface area contributed by atoms with Crippen LogP contribution >= 0.6 is 0 Å². The zero-order chi connectivity index (χ0) is 23.5. The van der Waals surface area contributed by atoms with Crippen LogP contribution < -0.4 is 10.9 Å². The molecule has 1 amide bonds. The zero-order valence-electron chi connectivity index (χ0n) is 19.0. The molecular weight excluding hydrogens is 429 g/mol. The summed E-state index contributed by atoms with van der Waals surface area (Å²) in [7, 11) is 0. The van der Waals surface area contributed by atoms with Gasteiger partial charge in [-0.15, -0.1) is 0 Å². The average molecular weight is 458 g/mol. The Hall–Kier alpha value is -3.67. The first-order valence-electron chi connectivity index (χ1n) is 12.0. The summed E-state index contributed by atoms with van der Waals surface area (Å²) >= 11 is 0. The first-order valence-corrected chi connectivity index (χ1v) is 12.0. The molecule has 1 N–H and O–H groups in total. The smallest absolute Gasteiger partial charge is 0.275 e. The molecule has 0 aliphatic heterocycles. The van der Waals surface area contributed by atoms with Gasteiger partial charge in [-0.2, -0.15) is 0 Å². The van der Waals surface area contributed by atoms with Gasteiger partial charge < -0.3 is 9.72 Å². The monoisotopic (exact) mass is 457 g/mol. The first-order chi connectivity index (χ1) is 16.6. The molecule has 1 fully saturated rings. The number of hydrogen-bond acceptors (Lipinski definition) is 2. The maximum absolute atomic E-state index is 13.6. The van der Waals surface area contributed by atoms with Gasteiger partial charge in [0.2, 0.25) is 0 Å². The quantitative estimate of drug-likeness (QED) is 0.408. The van der Waals surface area contributed by atoms with Crippen molar-refractivity contribution in [3.63, 3.8) is 0 Å². The lowest BCUT2D eigenvalue weighted by atomic mass is 10.1. The van der Waals surface area contributed by atoms with Gasteiger partial charge >= 0.3 is 0 Å². The summed E-state index contributed by atoms with van der Waals surface area (Å²) in [5.41, 5.74) is 3.12. The number of carbonyl (C=O) groups excluding carboxylic acids is 1. The molecule has 2 aromatic carbocycles. The highest BCUT2D eigenvalue weighted by Crippen LogP contribution is 2.23. The zero-order valence-corrected chi connectivity index (χ0v) is 19.0. The Morgan fingerprint density at radius 3 is 2.32 bits per heavy atom. The van der Waals surface area contributed by atoms with E-state index in [4.69, 9.17) is 0 Å². The number of aromatic nitrogens is 2. The van der Waals surface area contributed by atoms with E-state index in [2.05, 4.69) is 5.32 Å². The van der Waals surface area contributed by atoms with E-state index < -0.39 is 0 Å². The molecule has 5 nitrogen and oxygen atoms in total. The highest BCUT2D eigenvalue weighted by atomic mass is 19.1. The number of nitrogens with zero attached hydrogens (tertiary/aromatic N) is 2. The molecule has 2 aromatic heterocycles. The molecule has 4 aromatic rings. The van der Waals surface area contributed by atoms with Crippen molar-refractivity contribution in [3.05, 3.63) is 100 Å². The van der Waals surface area contributed by atoms with Gasteiger partial charge in [-0.25, -0.2) is 4.39 Å². The number of rotatable bonds is 5.